The number of hydrazine groups is 1. The Hall–Kier alpha value is -2.26. The Labute approximate surface area is 122 Å². The van der Waals surface area contributed by atoms with Crippen molar-refractivity contribution in [2.24, 2.45) is 11.8 Å². The van der Waals surface area contributed by atoms with Gasteiger partial charge in [0.25, 0.3) is 5.95 Å². The van der Waals surface area contributed by atoms with E-state index in [0.717, 1.165) is 0 Å². The number of nitrogen functional groups attached to an aromatic ring is 1. The molecule has 1 unspecified atom stereocenters. The molecule has 0 fully saturated rings. The fraction of sp³-hybridized carbons (Fsp3) is 0.500. The van der Waals surface area contributed by atoms with E-state index in [2.05, 4.69) is 44.6 Å². The van der Waals surface area contributed by atoms with Gasteiger partial charge in [-0.05, 0) is 12.0 Å². The van der Waals surface area contributed by atoms with E-state index in [9.17, 15) is 0 Å². The summed E-state index contributed by atoms with van der Waals surface area (Å²) in [6.07, 6.45) is 3.39. The molecule has 9 heteroatoms. The van der Waals surface area contributed by atoms with Crippen molar-refractivity contribution in [2.75, 3.05) is 24.5 Å². The third-order valence-electron chi connectivity index (χ3n) is 2.93. The normalized spacial score (nSPS) is 12.4. The summed E-state index contributed by atoms with van der Waals surface area (Å²) in [6.45, 7) is 4.73. The second-order valence-electron chi connectivity index (χ2n) is 4.83. The fourth-order valence-corrected chi connectivity index (χ4v) is 1.73. The Morgan fingerprint density at radius 1 is 1.29 bits per heavy atom. The molecule has 2 aromatic heterocycles. The van der Waals surface area contributed by atoms with Gasteiger partial charge in [0.15, 0.2) is 0 Å². The molecule has 0 aliphatic carbocycles. The molecular weight excluding hydrogens is 272 g/mol. The average Bonchev–Trinajstić information content (AvgIpc) is 3.00. The monoisotopic (exact) mass is 292 g/mol. The highest BCUT2D eigenvalue weighted by atomic mass is 16.5. The molecule has 1 atom stereocenters. The van der Waals surface area contributed by atoms with Gasteiger partial charge in [-0.15, -0.1) is 0 Å². The first-order valence-corrected chi connectivity index (χ1v) is 6.62. The Morgan fingerprint density at radius 2 is 2.05 bits per heavy atom. The smallest absolute Gasteiger partial charge is 0.257 e. The number of ether oxygens (including phenoxy) is 1. The van der Waals surface area contributed by atoms with Crippen LogP contribution in [0.25, 0.3) is 5.95 Å². The quantitative estimate of drug-likeness (QED) is 0.497. The van der Waals surface area contributed by atoms with E-state index >= 15 is 0 Å². The Balaban J connectivity index is 2.28. The summed E-state index contributed by atoms with van der Waals surface area (Å²) in [6, 6.07) is 1.86. The van der Waals surface area contributed by atoms with Crippen molar-refractivity contribution >= 4 is 11.9 Å². The van der Waals surface area contributed by atoms with Crippen LogP contribution in [0.3, 0.4) is 0 Å². The predicted octanol–water partition coefficient (Wildman–Crippen LogP) is 0.426. The van der Waals surface area contributed by atoms with Crippen molar-refractivity contribution in [3.8, 4) is 5.95 Å². The number of nitrogens with one attached hydrogen (secondary N) is 2. The number of hydrogen-bond donors (Lipinski definition) is 3. The SMILES string of the molecule is COCC(Nc1nc(NN)nc(-n2cccn2)n1)C(C)C. The molecule has 0 radical (unpaired) electrons. The summed E-state index contributed by atoms with van der Waals surface area (Å²) in [4.78, 5) is 12.7. The van der Waals surface area contributed by atoms with E-state index in [4.69, 9.17) is 10.6 Å². The number of aromatic nitrogens is 5. The van der Waals surface area contributed by atoms with Crippen LogP contribution in [0, 0.1) is 5.92 Å². The molecule has 4 N–H and O–H groups in total. The minimum atomic E-state index is 0.0773. The molecule has 0 bridgehead atoms. The number of nitrogens with two attached hydrogens (primary N) is 1. The lowest BCUT2D eigenvalue weighted by molar-refractivity contribution is 0.171. The van der Waals surface area contributed by atoms with Crippen LogP contribution in [0.1, 0.15) is 13.8 Å². The lowest BCUT2D eigenvalue weighted by atomic mass is 10.1. The minimum Gasteiger partial charge on any atom is -0.383 e. The van der Waals surface area contributed by atoms with Crippen molar-refractivity contribution in [3.05, 3.63) is 18.5 Å². The Bertz CT molecular complexity index is 556. The maximum absolute atomic E-state index is 5.41. The van der Waals surface area contributed by atoms with E-state index in [1.807, 2.05) is 0 Å². The molecule has 0 aromatic carbocycles. The number of methoxy groups -OCH3 is 1. The van der Waals surface area contributed by atoms with E-state index < -0.39 is 0 Å². The van der Waals surface area contributed by atoms with Gasteiger partial charge in [0.1, 0.15) is 0 Å². The van der Waals surface area contributed by atoms with E-state index in [-0.39, 0.29) is 12.0 Å². The first kappa shape index (κ1) is 15.1. The molecule has 21 heavy (non-hydrogen) atoms. The summed E-state index contributed by atoms with van der Waals surface area (Å²) < 4.78 is 6.74. The van der Waals surface area contributed by atoms with Crippen molar-refractivity contribution in [1.29, 1.82) is 0 Å². The van der Waals surface area contributed by atoms with E-state index in [1.54, 1.807) is 25.6 Å². The molecule has 0 saturated carbocycles. The first-order chi connectivity index (χ1) is 10.1. The van der Waals surface area contributed by atoms with Crippen molar-refractivity contribution in [1.82, 2.24) is 24.7 Å². The zero-order valence-corrected chi connectivity index (χ0v) is 12.3. The van der Waals surface area contributed by atoms with Gasteiger partial charge in [-0.2, -0.15) is 20.1 Å². The van der Waals surface area contributed by atoms with Gasteiger partial charge in [0.2, 0.25) is 11.9 Å². The third-order valence-corrected chi connectivity index (χ3v) is 2.93. The van der Waals surface area contributed by atoms with Crippen LogP contribution in [0.2, 0.25) is 0 Å². The molecule has 114 valence electrons. The molecule has 0 saturated heterocycles. The minimum absolute atomic E-state index is 0.0773. The van der Waals surface area contributed by atoms with Gasteiger partial charge < -0.3 is 10.1 Å². The maximum Gasteiger partial charge on any atom is 0.257 e. The molecular formula is C12H20N8O. The van der Waals surface area contributed by atoms with Crippen LogP contribution in [0.4, 0.5) is 11.9 Å². The van der Waals surface area contributed by atoms with Gasteiger partial charge in [0, 0.05) is 19.5 Å². The van der Waals surface area contributed by atoms with Crippen LogP contribution in [-0.2, 0) is 4.74 Å². The van der Waals surface area contributed by atoms with Gasteiger partial charge in [-0.3, -0.25) is 5.43 Å². The standard InChI is InChI=1S/C12H20N8O/c1-8(2)9(7-21-3)15-10-16-11(19-13)18-12(17-10)20-6-4-5-14-20/h4-6,8-9H,7,13H2,1-3H3,(H2,15,16,17,18,19). The van der Waals surface area contributed by atoms with E-state index in [1.165, 1.54) is 4.68 Å². The lowest BCUT2D eigenvalue weighted by Crippen LogP contribution is -2.31. The number of hydrogen-bond acceptors (Lipinski definition) is 8. The van der Waals surface area contributed by atoms with Crippen LogP contribution < -0.4 is 16.6 Å². The van der Waals surface area contributed by atoms with Gasteiger partial charge >= 0.3 is 0 Å². The summed E-state index contributed by atoms with van der Waals surface area (Å²) in [5.74, 6) is 6.81. The highest BCUT2D eigenvalue weighted by Crippen LogP contribution is 2.12. The highest BCUT2D eigenvalue weighted by Gasteiger charge is 2.16. The number of rotatable bonds is 7. The molecule has 0 spiro atoms. The maximum atomic E-state index is 5.41. The fourth-order valence-electron chi connectivity index (χ4n) is 1.73. The number of anilines is 2. The molecule has 0 aliphatic rings. The lowest BCUT2D eigenvalue weighted by Gasteiger charge is -2.21. The second-order valence-corrected chi connectivity index (χ2v) is 4.83. The number of nitrogens with zero attached hydrogens (tertiary/aromatic N) is 5. The zero-order chi connectivity index (χ0) is 15.2. The first-order valence-electron chi connectivity index (χ1n) is 6.62. The summed E-state index contributed by atoms with van der Waals surface area (Å²) in [5.41, 5.74) is 2.43. The second kappa shape index (κ2) is 6.95. The summed E-state index contributed by atoms with van der Waals surface area (Å²) in [7, 11) is 1.66. The summed E-state index contributed by atoms with van der Waals surface area (Å²) >= 11 is 0. The Kier molecular flexibility index (Phi) is 5.01. The van der Waals surface area contributed by atoms with Crippen LogP contribution in [-0.4, -0.2) is 44.5 Å². The molecule has 2 aromatic rings. The molecule has 0 amide bonds. The van der Waals surface area contributed by atoms with Crippen LogP contribution >= 0.6 is 0 Å². The third kappa shape index (κ3) is 3.86. The molecule has 2 heterocycles. The van der Waals surface area contributed by atoms with Crippen molar-refractivity contribution < 1.29 is 4.74 Å². The summed E-state index contributed by atoms with van der Waals surface area (Å²) in [5, 5.41) is 7.33. The van der Waals surface area contributed by atoms with Crippen LogP contribution in [0.5, 0.6) is 0 Å². The molecule has 9 nitrogen and oxygen atoms in total. The largest absolute Gasteiger partial charge is 0.383 e. The molecule has 0 aliphatic heterocycles. The molecule has 2 rings (SSSR count). The average molecular weight is 292 g/mol. The van der Waals surface area contributed by atoms with E-state index in [0.29, 0.717) is 24.4 Å². The van der Waals surface area contributed by atoms with Gasteiger partial charge in [-0.25, -0.2) is 10.5 Å². The predicted molar refractivity (Wildman–Crippen MR) is 78.9 cm³/mol. The Morgan fingerprint density at radius 3 is 2.62 bits per heavy atom. The zero-order valence-electron chi connectivity index (χ0n) is 12.3. The van der Waals surface area contributed by atoms with Crippen LogP contribution in [0.15, 0.2) is 18.5 Å². The van der Waals surface area contributed by atoms with Gasteiger partial charge in [-0.1, -0.05) is 13.8 Å². The van der Waals surface area contributed by atoms with Crippen molar-refractivity contribution in [3.63, 3.8) is 0 Å². The van der Waals surface area contributed by atoms with Crippen molar-refractivity contribution in [2.45, 2.75) is 19.9 Å². The highest BCUT2D eigenvalue weighted by molar-refractivity contribution is 5.37. The topological polar surface area (TPSA) is 116 Å². The van der Waals surface area contributed by atoms with Gasteiger partial charge in [0.05, 0.1) is 12.6 Å².